The molecule has 3 aliphatic rings. The molecule has 0 aromatic carbocycles. The second kappa shape index (κ2) is 12.7. The van der Waals surface area contributed by atoms with Gasteiger partial charge in [0.05, 0.1) is 12.3 Å². The Morgan fingerprint density at radius 1 is 1.03 bits per heavy atom. The topological polar surface area (TPSA) is 103 Å². The van der Waals surface area contributed by atoms with Crippen LogP contribution in [-0.2, 0) is 20.9 Å². The summed E-state index contributed by atoms with van der Waals surface area (Å²) < 4.78 is 69.1. The quantitative estimate of drug-likeness (QED) is 0.575. The Kier molecular flexibility index (Phi) is 10.5. The van der Waals surface area contributed by atoms with Crippen molar-refractivity contribution in [3.8, 4) is 0 Å². The fourth-order valence-electron chi connectivity index (χ4n) is 4.59. The number of ether oxygens (including phenoxy) is 1. The molecular formula is C22H29F6N3O5. The molecule has 3 saturated heterocycles. The monoisotopic (exact) mass is 529 g/mol. The molecule has 3 fully saturated rings. The van der Waals surface area contributed by atoms with Crippen LogP contribution in [0, 0.1) is 5.41 Å². The van der Waals surface area contributed by atoms with E-state index in [0.29, 0.717) is 11.5 Å². The van der Waals surface area contributed by atoms with Gasteiger partial charge in [0.1, 0.15) is 0 Å². The molecule has 1 spiro atoms. The number of halogens is 6. The lowest BCUT2D eigenvalue weighted by molar-refractivity contribution is -0.193. The molecule has 4 heterocycles. The largest absolute Gasteiger partial charge is 0.490 e. The number of carboxylic acids is 2. The van der Waals surface area contributed by atoms with Crippen LogP contribution in [0.3, 0.4) is 0 Å². The highest BCUT2D eigenvalue weighted by Gasteiger charge is 2.43. The minimum absolute atomic E-state index is 0.523. The summed E-state index contributed by atoms with van der Waals surface area (Å²) in [7, 11) is 0. The highest BCUT2D eigenvalue weighted by molar-refractivity contribution is 5.73. The third-order valence-corrected chi connectivity index (χ3v) is 6.23. The Morgan fingerprint density at radius 2 is 1.67 bits per heavy atom. The Bertz CT molecular complexity index is 825. The fraction of sp³-hybridized carbons (Fsp3) is 0.682. The van der Waals surface area contributed by atoms with Crippen molar-refractivity contribution in [2.24, 2.45) is 5.41 Å². The van der Waals surface area contributed by atoms with Gasteiger partial charge in [0.15, 0.2) is 0 Å². The van der Waals surface area contributed by atoms with Gasteiger partial charge in [-0.05, 0) is 56.3 Å². The molecule has 14 heteroatoms. The molecule has 2 N–H and O–H groups in total. The van der Waals surface area contributed by atoms with Crippen LogP contribution in [0.2, 0.25) is 0 Å². The third-order valence-electron chi connectivity index (χ3n) is 6.23. The van der Waals surface area contributed by atoms with Crippen LogP contribution in [0.5, 0.6) is 0 Å². The number of rotatable bonds is 3. The van der Waals surface area contributed by atoms with Gasteiger partial charge in [0.2, 0.25) is 0 Å². The summed E-state index contributed by atoms with van der Waals surface area (Å²) in [5.41, 5.74) is 1.73. The first-order valence-corrected chi connectivity index (χ1v) is 11.3. The van der Waals surface area contributed by atoms with E-state index in [1.54, 1.807) is 0 Å². The van der Waals surface area contributed by atoms with Gasteiger partial charge in [-0.25, -0.2) is 9.59 Å². The number of likely N-dealkylation sites (tertiary alicyclic amines) is 2. The minimum Gasteiger partial charge on any atom is -0.475 e. The zero-order valence-corrected chi connectivity index (χ0v) is 19.4. The molecule has 0 amide bonds. The van der Waals surface area contributed by atoms with E-state index in [4.69, 9.17) is 24.5 Å². The summed E-state index contributed by atoms with van der Waals surface area (Å²) in [5.74, 6) is -5.51. The maximum absolute atomic E-state index is 10.6. The summed E-state index contributed by atoms with van der Waals surface area (Å²) in [6.07, 6.45) is -2.93. The molecule has 2 unspecified atom stereocenters. The van der Waals surface area contributed by atoms with Gasteiger partial charge in [-0.15, -0.1) is 0 Å². The Morgan fingerprint density at radius 3 is 2.17 bits per heavy atom. The van der Waals surface area contributed by atoms with Crippen LogP contribution in [-0.4, -0.2) is 94.7 Å². The number of piperidine rings is 1. The average Bonchev–Trinajstić information content (AvgIpc) is 3.45. The molecule has 0 bridgehead atoms. The van der Waals surface area contributed by atoms with E-state index in [1.807, 2.05) is 12.3 Å². The van der Waals surface area contributed by atoms with E-state index >= 15 is 0 Å². The molecule has 8 nitrogen and oxygen atoms in total. The summed E-state index contributed by atoms with van der Waals surface area (Å²) in [6.45, 7) is 7.94. The average molecular weight is 529 g/mol. The minimum atomic E-state index is -5.08. The molecule has 2 atom stereocenters. The summed E-state index contributed by atoms with van der Waals surface area (Å²) in [5, 5.41) is 14.2. The van der Waals surface area contributed by atoms with Gasteiger partial charge < -0.3 is 14.9 Å². The van der Waals surface area contributed by atoms with Gasteiger partial charge in [-0.1, -0.05) is 6.07 Å². The molecule has 204 valence electrons. The van der Waals surface area contributed by atoms with Crippen molar-refractivity contribution in [1.82, 2.24) is 14.8 Å². The number of hydrogen-bond acceptors (Lipinski definition) is 6. The van der Waals surface area contributed by atoms with Crippen LogP contribution in [0.25, 0.3) is 0 Å². The van der Waals surface area contributed by atoms with Gasteiger partial charge in [0, 0.05) is 38.5 Å². The van der Waals surface area contributed by atoms with Crippen LogP contribution in [0.1, 0.15) is 31.4 Å². The maximum Gasteiger partial charge on any atom is 0.490 e. The Hall–Kier alpha value is -2.45. The van der Waals surface area contributed by atoms with Gasteiger partial charge in [-0.2, -0.15) is 26.3 Å². The number of pyridine rings is 1. The molecule has 1 aromatic heterocycles. The van der Waals surface area contributed by atoms with E-state index < -0.39 is 24.3 Å². The lowest BCUT2D eigenvalue weighted by Crippen LogP contribution is -2.45. The zero-order chi connectivity index (χ0) is 27.0. The summed E-state index contributed by atoms with van der Waals surface area (Å²) >= 11 is 0. The van der Waals surface area contributed by atoms with Crippen molar-refractivity contribution < 1.29 is 50.9 Å². The first kappa shape index (κ1) is 29.8. The lowest BCUT2D eigenvalue weighted by atomic mass is 9.79. The highest BCUT2D eigenvalue weighted by atomic mass is 19.4. The molecular weight excluding hydrogens is 500 g/mol. The van der Waals surface area contributed by atoms with Crippen molar-refractivity contribution in [2.75, 3.05) is 39.4 Å². The SMILES string of the molecule is O=C(O)C(F)(F)F.O=C(O)C(F)(F)F.c1ccc(CN2CCCC3(CCN(C4CCOC4)C3)C2)nc1. The van der Waals surface area contributed by atoms with Crippen LogP contribution in [0.4, 0.5) is 26.3 Å². The molecule has 0 aliphatic carbocycles. The number of hydrogen-bond donors (Lipinski definition) is 2. The van der Waals surface area contributed by atoms with Crippen LogP contribution in [0.15, 0.2) is 24.4 Å². The summed E-state index contributed by atoms with van der Waals surface area (Å²) in [4.78, 5) is 27.6. The Labute approximate surface area is 203 Å². The van der Waals surface area contributed by atoms with E-state index in [0.717, 1.165) is 19.8 Å². The lowest BCUT2D eigenvalue weighted by Gasteiger charge is -2.40. The van der Waals surface area contributed by atoms with Crippen molar-refractivity contribution in [3.05, 3.63) is 30.1 Å². The van der Waals surface area contributed by atoms with Gasteiger partial charge in [0.25, 0.3) is 0 Å². The zero-order valence-electron chi connectivity index (χ0n) is 19.4. The molecule has 0 radical (unpaired) electrons. The van der Waals surface area contributed by atoms with E-state index in [1.165, 1.54) is 57.6 Å². The van der Waals surface area contributed by atoms with Crippen molar-refractivity contribution >= 4 is 11.9 Å². The van der Waals surface area contributed by atoms with Crippen molar-refractivity contribution in [3.63, 3.8) is 0 Å². The number of alkyl halides is 6. The van der Waals surface area contributed by atoms with Crippen LogP contribution >= 0.6 is 0 Å². The molecule has 3 aliphatic heterocycles. The predicted molar refractivity (Wildman–Crippen MR) is 114 cm³/mol. The number of aromatic nitrogens is 1. The van der Waals surface area contributed by atoms with E-state index in [-0.39, 0.29) is 0 Å². The third kappa shape index (κ3) is 9.54. The molecule has 36 heavy (non-hydrogen) atoms. The Balaban J connectivity index is 0.000000271. The number of nitrogens with zero attached hydrogens (tertiary/aromatic N) is 3. The maximum atomic E-state index is 10.6. The number of carboxylic acid groups (broad SMARTS) is 2. The predicted octanol–water partition coefficient (Wildman–Crippen LogP) is 3.43. The second-order valence-corrected chi connectivity index (χ2v) is 8.98. The number of aliphatic carboxylic acids is 2. The highest BCUT2D eigenvalue weighted by Crippen LogP contribution is 2.40. The molecule has 4 rings (SSSR count). The first-order valence-electron chi connectivity index (χ1n) is 11.3. The fourth-order valence-corrected chi connectivity index (χ4v) is 4.59. The van der Waals surface area contributed by atoms with Gasteiger partial charge in [-0.3, -0.25) is 14.8 Å². The first-order chi connectivity index (χ1) is 16.7. The number of carbonyl (C=O) groups is 2. The second-order valence-electron chi connectivity index (χ2n) is 8.98. The van der Waals surface area contributed by atoms with Crippen molar-refractivity contribution in [2.45, 2.75) is 50.6 Å². The van der Waals surface area contributed by atoms with E-state index in [2.05, 4.69) is 26.9 Å². The van der Waals surface area contributed by atoms with Crippen molar-refractivity contribution in [1.29, 1.82) is 0 Å². The molecule has 1 aromatic rings. The smallest absolute Gasteiger partial charge is 0.475 e. The van der Waals surface area contributed by atoms with Gasteiger partial charge >= 0.3 is 24.3 Å². The van der Waals surface area contributed by atoms with Crippen LogP contribution < -0.4 is 0 Å². The molecule has 0 saturated carbocycles. The normalized spacial score (nSPS) is 25.0. The standard InChI is InChI=1S/C18H27N3O.2C2HF3O2/c1-2-8-19-16(4-1)12-20-9-3-6-18(14-20)7-10-21(15-18)17-5-11-22-13-17;2*3-2(4,5)1(6)7/h1-2,4,8,17H,3,5-7,9-15H2;2*(H,6,7). The summed E-state index contributed by atoms with van der Waals surface area (Å²) in [6, 6.07) is 6.93. The van der Waals surface area contributed by atoms with E-state index in [9.17, 15) is 26.3 Å².